The van der Waals surface area contributed by atoms with Crippen molar-refractivity contribution in [2.75, 3.05) is 32.1 Å². The van der Waals surface area contributed by atoms with Gasteiger partial charge in [-0.2, -0.15) is 0 Å². The number of carbonyl (C=O) groups excluding carboxylic acids is 1. The number of carbonyl (C=O) groups is 1. The van der Waals surface area contributed by atoms with Crippen molar-refractivity contribution in [1.29, 1.82) is 0 Å². The molecule has 0 bridgehead atoms. The third-order valence-electron chi connectivity index (χ3n) is 7.73. The van der Waals surface area contributed by atoms with Gasteiger partial charge in [0.1, 0.15) is 26.7 Å². The predicted molar refractivity (Wildman–Crippen MR) is 129 cm³/mol. The Labute approximate surface area is 202 Å². The molecule has 1 aromatic rings. The number of nitrogens with zero attached hydrogens (tertiary/aromatic N) is 5. The van der Waals surface area contributed by atoms with Crippen molar-refractivity contribution in [3.05, 3.63) is 17.8 Å². The lowest BCUT2D eigenvalue weighted by Crippen LogP contribution is -2.50. The number of rotatable bonds is 5. The number of pyridine rings is 1. The molecule has 3 aliphatic rings. The fourth-order valence-corrected chi connectivity index (χ4v) is 7.85. The number of hydrogen-bond donors (Lipinski definition) is 0. The molecule has 0 spiro atoms. The third-order valence-corrected chi connectivity index (χ3v) is 10.2. The summed E-state index contributed by atoms with van der Waals surface area (Å²) in [4.78, 5) is 22.7. The van der Waals surface area contributed by atoms with Crippen molar-refractivity contribution in [3.8, 4) is 0 Å². The maximum absolute atomic E-state index is 14.6. The minimum Gasteiger partial charge on any atom is -0.353 e. The Morgan fingerprint density at radius 1 is 1.18 bits per heavy atom. The van der Waals surface area contributed by atoms with Crippen LogP contribution in [0.4, 0.5) is 14.6 Å². The molecule has 3 atom stereocenters. The maximum atomic E-state index is 14.6. The largest absolute Gasteiger partial charge is 0.353 e. The molecule has 0 unspecified atom stereocenters. The number of alkyl halides is 2. The highest BCUT2D eigenvalue weighted by atomic mass is 32.2. The van der Waals surface area contributed by atoms with E-state index in [0.717, 1.165) is 31.5 Å². The lowest BCUT2D eigenvalue weighted by molar-refractivity contribution is -0.138. The van der Waals surface area contributed by atoms with Gasteiger partial charge in [0.25, 0.3) is 0 Å². The molecule has 2 aliphatic heterocycles. The first-order valence-electron chi connectivity index (χ1n) is 12.4. The van der Waals surface area contributed by atoms with Gasteiger partial charge in [0.05, 0.1) is 0 Å². The Morgan fingerprint density at radius 2 is 1.85 bits per heavy atom. The van der Waals surface area contributed by atoms with E-state index in [1.165, 1.54) is 0 Å². The first-order valence-corrected chi connectivity index (χ1v) is 13.9. The van der Waals surface area contributed by atoms with Gasteiger partial charge in [-0.05, 0) is 64.5 Å². The zero-order chi connectivity index (χ0) is 24.7. The lowest BCUT2D eigenvalue weighted by atomic mass is 9.91. The second-order valence-electron chi connectivity index (χ2n) is 9.97. The van der Waals surface area contributed by atoms with Crippen LogP contribution in [0.25, 0.3) is 0 Å². The maximum Gasteiger partial charge on any atom is 0.248 e. The highest BCUT2D eigenvalue weighted by Gasteiger charge is 2.44. The van der Waals surface area contributed by atoms with Gasteiger partial charge >= 0.3 is 0 Å². The first kappa shape index (κ1) is 25.3. The fourth-order valence-electron chi connectivity index (χ4n) is 5.63. The molecule has 34 heavy (non-hydrogen) atoms. The minimum absolute atomic E-state index is 0.153. The minimum atomic E-state index is -3.08. The van der Waals surface area contributed by atoms with Gasteiger partial charge in [0.2, 0.25) is 11.8 Å². The molecule has 1 amide bonds. The molecule has 10 heteroatoms. The van der Waals surface area contributed by atoms with E-state index in [0.29, 0.717) is 29.7 Å². The van der Waals surface area contributed by atoms with Crippen molar-refractivity contribution in [2.24, 2.45) is 4.36 Å². The van der Waals surface area contributed by atoms with Gasteiger partial charge in [-0.3, -0.25) is 4.79 Å². The van der Waals surface area contributed by atoms with E-state index in [9.17, 15) is 17.8 Å². The van der Waals surface area contributed by atoms with Crippen LogP contribution >= 0.6 is 0 Å². The van der Waals surface area contributed by atoms with Gasteiger partial charge < -0.3 is 9.80 Å². The van der Waals surface area contributed by atoms with Crippen LogP contribution in [0.2, 0.25) is 0 Å². The van der Waals surface area contributed by atoms with Crippen LogP contribution in [-0.4, -0.2) is 75.5 Å². The second kappa shape index (κ2) is 9.68. The number of amides is 1. The molecule has 3 fully saturated rings. The number of halogens is 2. The van der Waals surface area contributed by atoms with Gasteiger partial charge in [-0.1, -0.05) is 0 Å². The number of aromatic nitrogens is 1. The number of aryl methyl sites for hydroxylation is 1. The van der Waals surface area contributed by atoms with E-state index in [1.807, 2.05) is 19.1 Å². The van der Waals surface area contributed by atoms with Gasteiger partial charge in [0, 0.05) is 57.8 Å². The normalized spacial score (nSPS) is 27.5. The number of anilines is 1. The molecule has 1 aliphatic carbocycles. The summed E-state index contributed by atoms with van der Waals surface area (Å²) < 4.78 is 48.0. The summed E-state index contributed by atoms with van der Waals surface area (Å²) in [7, 11) is 0.162. The van der Waals surface area contributed by atoms with Crippen LogP contribution in [0.1, 0.15) is 64.0 Å². The quantitative estimate of drug-likeness (QED) is 0.610. The van der Waals surface area contributed by atoms with E-state index in [-0.39, 0.29) is 37.6 Å². The molecule has 2 saturated heterocycles. The summed E-state index contributed by atoms with van der Waals surface area (Å²) in [5.74, 6) is -2.10. The lowest BCUT2D eigenvalue weighted by Gasteiger charge is -2.37. The first-order chi connectivity index (χ1) is 16.1. The molecule has 3 heterocycles. The summed E-state index contributed by atoms with van der Waals surface area (Å²) in [6.45, 7) is 5.41. The third kappa shape index (κ3) is 4.67. The Bertz CT molecular complexity index is 1030. The van der Waals surface area contributed by atoms with E-state index in [2.05, 4.69) is 16.2 Å². The fraction of sp³-hybridized carbons (Fsp3) is 0.750. The average molecular weight is 498 g/mol. The molecule has 4 rings (SSSR count). The Kier molecular flexibility index (Phi) is 7.20. The molecule has 0 N–H and O–H groups in total. The molecule has 7 nitrogen and oxygen atoms in total. The summed E-state index contributed by atoms with van der Waals surface area (Å²) >= 11 is 0. The molecule has 0 aromatic carbocycles. The summed E-state index contributed by atoms with van der Waals surface area (Å²) in [5, 5.41) is 0. The predicted octanol–water partition coefficient (Wildman–Crippen LogP) is 4.25. The zero-order valence-corrected chi connectivity index (χ0v) is 21.5. The van der Waals surface area contributed by atoms with Crippen molar-refractivity contribution in [3.63, 3.8) is 0 Å². The van der Waals surface area contributed by atoms with E-state index >= 15 is 0 Å². The second-order valence-corrected chi connectivity index (χ2v) is 12.2. The van der Waals surface area contributed by atoms with Crippen molar-refractivity contribution >= 4 is 21.6 Å². The highest BCUT2D eigenvalue weighted by Crippen LogP contribution is 2.38. The molecular weight excluding hydrogens is 460 g/mol. The van der Waals surface area contributed by atoms with Crippen LogP contribution in [0.15, 0.2) is 21.4 Å². The van der Waals surface area contributed by atoms with Gasteiger partial charge in [0.15, 0.2) is 0 Å². The van der Waals surface area contributed by atoms with Crippen molar-refractivity contribution in [2.45, 2.75) is 94.2 Å². The van der Waals surface area contributed by atoms with E-state index in [1.54, 1.807) is 23.3 Å². The highest BCUT2D eigenvalue weighted by molar-refractivity contribution is 7.91. The standard InChI is InChI=1S/C24H37F2N5O2S/c1-17-9-10-21(22(28-17)30-15-5-7-18(30)2)34(33,27-3)31-16-6-8-20(31)23(32)29(4)19-11-13-24(25,26)14-12-19/h9-10,18-20H,5-8,11-16H2,1-4H3/t18-,20-,34+/m0/s1. The summed E-state index contributed by atoms with van der Waals surface area (Å²) in [6, 6.07) is 3.19. The van der Waals surface area contributed by atoms with Crippen molar-refractivity contribution in [1.82, 2.24) is 14.2 Å². The summed E-state index contributed by atoms with van der Waals surface area (Å²) in [6.07, 6.45) is 3.59. The Balaban J connectivity index is 1.64. The monoisotopic (exact) mass is 497 g/mol. The van der Waals surface area contributed by atoms with E-state index < -0.39 is 21.9 Å². The van der Waals surface area contributed by atoms with Crippen LogP contribution in [0.3, 0.4) is 0 Å². The van der Waals surface area contributed by atoms with Crippen LogP contribution in [0.5, 0.6) is 0 Å². The summed E-state index contributed by atoms with van der Waals surface area (Å²) in [5.41, 5.74) is 0.846. The molecular formula is C24H37F2N5O2S. The molecule has 190 valence electrons. The Morgan fingerprint density at radius 3 is 2.47 bits per heavy atom. The molecule has 1 aromatic heterocycles. The average Bonchev–Trinajstić information content (AvgIpc) is 3.47. The SMILES string of the molecule is CN=[S@](=O)(c1ccc(C)nc1N1CCC[C@@H]1C)N1CCC[C@H]1C(=O)N(C)C1CCC(F)(F)CC1. The van der Waals surface area contributed by atoms with Crippen LogP contribution in [-0.2, 0) is 14.7 Å². The number of likely N-dealkylation sites (N-methyl/N-ethyl adjacent to an activating group) is 1. The van der Waals surface area contributed by atoms with Crippen LogP contribution in [0, 0.1) is 6.92 Å². The van der Waals surface area contributed by atoms with E-state index in [4.69, 9.17) is 4.98 Å². The number of hydrogen-bond acceptors (Lipinski definition) is 5. The van der Waals surface area contributed by atoms with Gasteiger partial charge in [-0.25, -0.2) is 26.6 Å². The molecule has 0 radical (unpaired) electrons. The van der Waals surface area contributed by atoms with Crippen molar-refractivity contribution < 1.29 is 17.8 Å². The molecule has 1 saturated carbocycles. The van der Waals surface area contributed by atoms with Crippen LogP contribution < -0.4 is 4.90 Å². The smallest absolute Gasteiger partial charge is 0.248 e. The Hall–Kier alpha value is -1.81. The zero-order valence-electron chi connectivity index (χ0n) is 20.7. The van der Waals surface area contributed by atoms with Gasteiger partial charge in [-0.15, -0.1) is 0 Å². The topological polar surface area (TPSA) is 69.1 Å².